The summed E-state index contributed by atoms with van der Waals surface area (Å²) in [5.74, 6) is 6.15. The first kappa shape index (κ1) is 24.9. The molecule has 0 unspecified atom stereocenters. The highest BCUT2D eigenvalue weighted by Crippen LogP contribution is 2.36. The number of ether oxygens (including phenoxy) is 2. The molecular formula is C24H32N6O5. The summed E-state index contributed by atoms with van der Waals surface area (Å²) < 4.78 is 12.4. The fourth-order valence-corrected chi connectivity index (χ4v) is 4.83. The van der Waals surface area contributed by atoms with Gasteiger partial charge in [-0.15, -0.1) is 0 Å². The van der Waals surface area contributed by atoms with Crippen LogP contribution in [0, 0.1) is 29.6 Å². The van der Waals surface area contributed by atoms with E-state index in [1.165, 1.54) is 13.4 Å². The molecule has 4 atom stereocenters. The molecule has 2 fully saturated rings. The fraction of sp³-hybridized carbons (Fsp3) is 0.625. The first-order valence-electron chi connectivity index (χ1n) is 12.0. The SMILES string of the molecule is CCNC(=O)[C@H]1O[C@@H](n2cnc3c(N)nc(C#CCC4CCC(C(=O)OC)CC4)nc32)[C@H](C)[C@@H]1O. The Morgan fingerprint density at radius 1 is 1.31 bits per heavy atom. The molecule has 0 bridgehead atoms. The molecule has 0 radical (unpaired) electrons. The van der Waals surface area contributed by atoms with Gasteiger partial charge in [0.1, 0.15) is 11.7 Å². The highest BCUT2D eigenvalue weighted by atomic mass is 16.5. The molecule has 11 heteroatoms. The van der Waals surface area contributed by atoms with Gasteiger partial charge in [-0.25, -0.2) is 15.0 Å². The van der Waals surface area contributed by atoms with E-state index in [0.717, 1.165) is 25.7 Å². The predicted octanol–water partition coefficient (Wildman–Crippen LogP) is 1.16. The Kier molecular flexibility index (Phi) is 7.52. The van der Waals surface area contributed by atoms with Gasteiger partial charge in [-0.3, -0.25) is 14.2 Å². The average molecular weight is 485 g/mol. The lowest BCUT2D eigenvalue weighted by atomic mass is 9.81. The molecule has 188 valence electrons. The van der Waals surface area contributed by atoms with Gasteiger partial charge in [0.25, 0.3) is 5.91 Å². The number of likely N-dealkylation sites (N-methyl/N-ethyl adjacent to an activating group) is 1. The number of aliphatic hydroxyl groups is 1. The standard InChI is InChI=1S/C24H32N6O5/c1-4-26-22(32)19-18(31)13(2)23(35-19)30-12-27-17-20(25)28-16(29-21(17)30)7-5-6-14-8-10-15(11-9-14)24(33)34-3/h12-15,18-19,23,31H,4,6,8-11H2,1-3H3,(H,26,32)(H2,25,28,29)/t13-,14?,15?,18+,19+,23-/m1/s1. The molecule has 1 saturated heterocycles. The number of nitrogens with zero attached hydrogens (tertiary/aromatic N) is 4. The summed E-state index contributed by atoms with van der Waals surface area (Å²) in [5, 5.41) is 13.3. The van der Waals surface area contributed by atoms with Gasteiger partial charge >= 0.3 is 5.97 Å². The van der Waals surface area contributed by atoms with Crippen LogP contribution in [-0.2, 0) is 19.1 Å². The van der Waals surface area contributed by atoms with E-state index in [1.807, 2.05) is 0 Å². The maximum atomic E-state index is 12.3. The Labute approximate surface area is 203 Å². The zero-order valence-corrected chi connectivity index (χ0v) is 20.2. The van der Waals surface area contributed by atoms with Gasteiger partial charge in [-0.2, -0.15) is 0 Å². The predicted molar refractivity (Wildman–Crippen MR) is 126 cm³/mol. The lowest BCUT2D eigenvalue weighted by Gasteiger charge is -2.25. The second kappa shape index (κ2) is 10.6. The Morgan fingerprint density at radius 3 is 2.74 bits per heavy atom. The number of hydrogen-bond acceptors (Lipinski definition) is 9. The third-order valence-corrected chi connectivity index (χ3v) is 6.89. The van der Waals surface area contributed by atoms with Gasteiger partial charge in [-0.1, -0.05) is 12.8 Å². The number of hydrogen-bond donors (Lipinski definition) is 3. The molecule has 1 aliphatic carbocycles. The molecule has 11 nitrogen and oxygen atoms in total. The van der Waals surface area contributed by atoms with Crippen molar-refractivity contribution in [3.63, 3.8) is 0 Å². The van der Waals surface area contributed by atoms with Crippen LogP contribution in [0.25, 0.3) is 11.2 Å². The van der Waals surface area contributed by atoms with Crippen molar-refractivity contribution in [2.45, 2.75) is 64.4 Å². The summed E-state index contributed by atoms with van der Waals surface area (Å²) >= 11 is 0. The fourth-order valence-electron chi connectivity index (χ4n) is 4.83. The summed E-state index contributed by atoms with van der Waals surface area (Å²) in [6.07, 6.45) is 3.08. The molecule has 0 spiro atoms. The lowest BCUT2D eigenvalue weighted by molar-refractivity contribution is -0.146. The minimum absolute atomic E-state index is 0.0126. The molecule has 2 aromatic rings. The van der Waals surface area contributed by atoms with E-state index >= 15 is 0 Å². The topological polar surface area (TPSA) is 154 Å². The van der Waals surface area contributed by atoms with Gasteiger partial charge in [0.15, 0.2) is 17.6 Å². The zero-order valence-electron chi connectivity index (χ0n) is 20.2. The molecule has 0 aromatic carbocycles. The van der Waals surface area contributed by atoms with E-state index in [4.69, 9.17) is 15.2 Å². The van der Waals surface area contributed by atoms with Crippen LogP contribution in [-0.4, -0.2) is 62.4 Å². The highest BCUT2D eigenvalue weighted by molar-refractivity contribution is 5.83. The number of esters is 1. The summed E-state index contributed by atoms with van der Waals surface area (Å²) in [4.78, 5) is 37.1. The third kappa shape index (κ3) is 5.09. The molecule has 2 aromatic heterocycles. The minimum Gasteiger partial charge on any atom is -0.469 e. The normalized spacial score (nSPS) is 28.3. The van der Waals surface area contributed by atoms with Crippen molar-refractivity contribution in [1.82, 2.24) is 24.8 Å². The van der Waals surface area contributed by atoms with Crippen LogP contribution in [0.2, 0.25) is 0 Å². The Balaban J connectivity index is 1.49. The molecule has 3 heterocycles. The Morgan fingerprint density at radius 2 is 2.06 bits per heavy atom. The molecule has 1 aliphatic heterocycles. The van der Waals surface area contributed by atoms with Gasteiger partial charge in [0.2, 0.25) is 5.82 Å². The molecule has 1 saturated carbocycles. The molecular weight excluding hydrogens is 452 g/mol. The van der Waals surface area contributed by atoms with E-state index in [9.17, 15) is 14.7 Å². The quantitative estimate of drug-likeness (QED) is 0.419. The second-order valence-corrected chi connectivity index (χ2v) is 9.19. The van der Waals surface area contributed by atoms with Crippen molar-refractivity contribution < 1.29 is 24.2 Å². The summed E-state index contributed by atoms with van der Waals surface area (Å²) in [6, 6.07) is 0. The number of aromatic nitrogens is 4. The van der Waals surface area contributed by atoms with Gasteiger partial charge in [0.05, 0.1) is 25.5 Å². The van der Waals surface area contributed by atoms with Crippen LogP contribution in [0.3, 0.4) is 0 Å². The van der Waals surface area contributed by atoms with Gasteiger partial charge in [0, 0.05) is 18.9 Å². The zero-order chi connectivity index (χ0) is 25.1. The number of nitrogens with one attached hydrogen (secondary N) is 1. The Bertz CT molecular complexity index is 1150. The number of rotatable bonds is 5. The van der Waals surface area contributed by atoms with E-state index in [-0.39, 0.29) is 35.4 Å². The number of nitrogen functional groups attached to an aromatic ring is 1. The van der Waals surface area contributed by atoms with Crippen molar-refractivity contribution in [2.75, 3.05) is 19.4 Å². The van der Waals surface area contributed by atoms with Crippen molar-refractivity contribution in [3.8, 4) is 11.8 Å². The first-order valence-corrected chi connectivity index (χ1v) is 12.0. The number of fused-ring (bicyclic) bond motifs is 1. The molecule has 1 amide bonds. The van der Waals surface area contributed by atoms with Crippen LogP contribution in [0.5, 0.6) is 0 Å². The number of carbonyl (C=O) groups is 2. The van der Waals surface area contributed by atoms with Crippen LogP contribution >= 0.6 is 0 Å². The maximum absolute atomic E-state index is 12.3. The highest BCUT2D eigenvalue weighted by Gasteiger charge is 2.46. The molecule has 35 heavy (non-hydrogen) atoms. The number of nitrogens with two attached hydrogens (primary N) is 1. The number of methoxy groups -OCH3 is 1. The molecule has 4 N–H and O–H groups in total. The number of carbonyl (C=O) groups excluding carboxylic acids is 2. The largest absolute Gasteiger partial charge is 0.469 e. The number of aliphatic hydroxyl groups excluding tert-OH is 1. The lowest BCUT2D eigenvalue weighted by Crippen LogP contribution is -2.41. The van der Waals surface area contributed by atoms with E-state index in [1.54, 1.807) is 18.4 Å². The number of amides is 1. The average Bonchev–Trinajstić information content (AvgIpc) is 3.40. The monoisotopic (exact) mass is 484 g/mol. The van der Waals surface area contributed by atoms with Crippen LogP contribution in [0.15, 0.2) is 6.33 Å². The van der Waals surface area contributed by atoms with Crippen LogP contribution < -0.4 is 11.1 Å². The number of anilines is 1. The second-order valence-electron chi connectivity index (χ2n) is 9.19. The van der Waals surface area contributed by atoms with E-state index in [0.29, 0.717) is 30.0 Å². The summed E-state index contributed by atoms with van der Waals surface area (Å²) in [5.41, 5.74) is 6.96. The molecule has 2 aliphatic rings. The van der Waals surface area contributed by atoms with Crippen molar-refractivity contribution in [2.24, 2.45) is 17.8 Å². The Hall–Kier alpha value is -3.23. The van der Waals surface area contributed by atoms with Crippen LogP contribution in [0.1, 0.15) is 58.0 Å². The van der Waals surface area contributed by atoms with Crippen molar-refractivity contribution in [3.05, 3.63) is 12.2 Å². The van der Waals surface area contributed by atoms with Gasteiger partial charge in [-0.05, 0) is 44.4 Å². The smallest absolute Gasteiger partial charge is 0.308 e. The van der Waals surface area contributed by atoms with E-state index in [2.05, 4.69) is 32.1 Å². The first-order chi connectivity index (χ1) is 16.8. The maximum Gasteiger partial charge on any atom is 0.308 e. The van der Waals surface area contributed by atoms with E-state index < -0.39 is 18.4 Å². The number of imidazole rings is 1. The van der Waals surface area contributed by atoms with Gasteiger partial charge < -0.3 is 25.6 Å². The summed E-state index contributed by atoms with van der Waals surface area (Å²) in [7, 11) is 1.43. The van der Waals surface area contributed by atoms with Crippen LogP contribution in [0.4, 0.5) is 5.82 Å². The van der Waals surface area contributed by atoms with Crippen molar-refractivity contribution in [1.29, 1.82) is 0 Å². The van der Waals surface area contributed by atoms with Crippen molar-refractivity contribution >= 4 is 28.9 Å². The summed E-state index contributed by atoms with van der Waals surface area (Å²) in [6.45, 7) is 4.05. The minimum atomic E-state index is -0.986. The third-order valence-electron chi connectivity index (χ3n) is 6.89. The molecule has 4 rings (SSSR count).